The van der Waals surface area contributed by atoms with E-state index < -0.39 is 6.04 Å². The number of carbonyl (C=O) groups excluding carboxylic acids is 2. The first-order chi connectivity index (χ1) is 11.6. The second kappa shape index (κ2) is 7.75. The molecule has 0 aromatic heterocycles. The van der Waals surface area contributed by atoms with Crippen LogP contribution in [-0.2, 0) is 20.9 Å². The van der Waals surface area contributed by atoms with E-state index in [9.17, 15) is 14.0 Å². The highest BCUT2D eigenvalue weighted by molar-refractivity contribution is 5.88. The van der Waals surface area contributed by atoms with E-state index in [2.05, 4.69) is 5.32 Å². The van der Waals surface area contributed by atoms with Gasteiger partial charge in [0.2, 0.25) is 11.8 Å². The first kappa shape index (κ1) is 16.9. The molecule has 2 unspecified atom stereocenters. The van der Waals surface area contributed by atoms with Crippen molar-refractivity contribution >= 4 is 11.8 Å². The molecule has 2 fully saturated rings. The zero-order valence-corrected chi connectivity index (χ0v) is 13.7. The molecule has 130 valence electrons. The number of ether oxygens (including phenoxy) is 1. The topological polar surface area (TPSA) is 58.6 Å². The summed E-state index contributed by atoms with van der Waals surface area (Å²) in [7, 11) is 0. The number of nitrogens with one attached hydrogen (secondary N) is 1. The lowest BCUT2D eigenvalue weighted by molar-refractivity contribution is -0.144. The van der Waals surface area contributed by atoms with Crippen molar-refractivity contribution in [3.05, 3.63) is 35.6 Å². The Morgan fingerprint density at radius 1 is 1.25 bits per heavy atom. The first-order valence-corrected chi connectivity index (χ1v) is 8.57. The maximum absolute atomic E-state index is 13.0. The van der Waals surface area contributed by atoms with Crippen molar-refractivity contribution in [2.45, 2.75) is 50.8 Å². The Morgan fingerprint density at radius 2 is 2.04 bits per heavy atom. The highest BCUT2D eigenvalue weighted by atomic mass is 19.1. The van der Waals surface area contributed by atoms with Crippen LogP contribution >= 0.6 is 0 Å². The summed E-state index contributed by atoms with van der Waals surface area (Å²) in [6.07, 6.45) is 3.90. The van der Waals surface area contributed by atoms with Crippen LogP contribution in [0.3, 0.4) is 0 Å². The Morgan fingerprint density at radius 3 is 2.75 bits per heavy atom. The Hall–Kier alpha value is -1.95. The lowest BCUT2D eigenvalue weighted by Crippen LogP contribution is -2.52. The quantitative estimate of drug-likeness (QED) is 0.896. The number of halogens is 1. The van der Waals surface area contributed by atoms with Crippen molar-refractivity contribution in [3.63, 3.8) is 0 Å². The van der Waals surface area contributed by atoms with Gasteiger partial charge in [-0.05, 0) is 43.4 Å². The van der Waals surface area contributed by atoms with E-state index in [0.29, 0.717) is 25.9 Å². The van der Waals surface area contributed by atoms with E-state index in [1.807, 2.05) is 0 Å². The number of rotatable bonds is 5. The fourth-order valence-corrected chi connectivity index (χ4v) is 3.31. The minimum Gasteiger partial charge on any atom is -0.376 e. The van der Waals surface area contributed by atoms with E-state index in [0.717, 1.165) is 31.4 Å². The van der Waals surface area contributed by atoms with Gasteiger partial charge in [-0.15, -0.1) is 0 Å². The Labute approximate surface area is 141 Å². The van der Waals surface area contributed by atoms with Crippen LogP contribution in [0, 0.1) is 5.82 Å². The number of nitrogens with zero attached hydrogens (tertiary/aromatic N) is 1. The summed E-state index contributed by atoms with van der Waals surface area (Å²) in [6.45, 7) is 1.57. The highest BCUT2D eigenvalue weighted by Crippen LogP contribution is 2.21. The summed E-state index contributed by atoms with van der Waals surface area (Å²) in [6, 6.07) is 5.58. The lowest BCUT2D eigenvalue weighted by atomic mass is 9.99. The van der Waals surface area contributed by atoms with E-state index in [1.165, 1.54) is 12.1 Å². The molecular weight excluding hydrogens is 311 g/mol. The maximum atomic E-state index is 13.0. The van der Waals surface area contributed by atoms with Crippen LogP contribution in [0.25, 0.3) is 0 Å². The van der Waals surface area contributed by atoms with Gasteiger partial charge in [0, 0.05) is 26.1 Å². The summed E-state index contributed by atoms with van der Waals surface area (Å²) in [5, 5.41) is 2.92. The molecule has 1 aromatic rings. The number of carbonyl (C=O) groups is 2. The van der Waals surface area contributed by atoms with Gasteiger partial charge in [-0.2, -0.15) is 0 Å². The zero-order chi connectivity index (χ0) is 16.9. The number of hydrogen-bond donors (Lipinski definition) is 1. The number of piperidine rings is 1. The Kier molecular flexibility index (Phi) is 5.45. The number of amides is 2. The molecule has 0 aliphatic carbocycles. The molecule has 3 rings (SSSR count). The van der Waals surface area contributed by atoms with Gasteiger partial charge in [0.15, 0.2) is 0 Å². The van der Waals surface area contributed by atoms with Crippen LogP contribution in [0.4, 0.5) is 4.39 Å². The molecule has 6 heteroatoms. The third-order valence-corrected chi connectivity index (χ3v) is 4.66. The van der Waals surface area contributed by atoms with Gasteiger partial charge in [-0.25, -0.2) is 4.39 Å². The predicted molar refractivity (Wildman–Crippen MR) is 86.6 cm³/mol. The van der Waals surface area contributed by atoms with Crippen molar-refractivity contribution in [1.29, 1.82) is 0 Å². The maximum Gasteiger partial charge on any atom is 0.242 e. The molecule has 0 radical (unpaired) electrons. The van der Waals surface area contributed by atoms with Crippen LogP contribution in [-0.4, -0.2) is 42.0 Å². The van der Waals surface area contributed by atoms with E-state index in [-0.39, 0.29) is 23.7 Å². The number of likely N-dealkylation sites (tertiary alicyclic amines) is 1. The number of hydrogen-bond acceptors (Lipinski definition) is 3. The van der Waals surface area contributed by atoms with E-state index in [1.54, 1.807) is 17.0 Å². The van der Waals surface area contributed by atoms with Gasteiger partial charge in [0.25, 0.3) is 0 Å². The van der Waals surface area contributed by atoms with Crippen molar-refractivity contribution < 1.29 is 18.7 Å². The Balaban J connectivity index is 1.63. The summed E-state index contributed by atoms with van der Waals surface area (Å²) < 4.78 is 18.6. The molecular formula is C18H23FN2O3. The zero-order valence-electron chi connectivity index (χ0n) is 13.7. The van der Waals surface area contributed by atoms with Crippen molar-refractivity contribution in [2.75, 3.05) is 13.2 Å². The van der Waals surface area contributed by atoms with Gasteiger partial charge in [-0.3, -0.25) is 9.59 Å². The van der Waals surface area contributed by atoms with E-state index in [4.69, 9.17) is 4.74 Å². The molecule has 2 atom stereocenters. The van der Waals surface area contributed by atoms with Gasteiger partial charge in [0.1, 0.15) is 11.9 Å². The van der Waals surface area contributed by atoms with Crippen LogP contribution in [0.1, 0.15) is 37.7 Å². The molecule has 1 N–H and O–H groups in total. The molecule has 0 spiro atoms. The standard InChI is InChI=1S/C18H23FN2O3/c19-14-8-6-13(7-9-14)12-21-16(4-1-5-17(21)22)18(23)20-11-15-3-2-10-24-15/h6-9,15-16H,1-5,10-12H2,(H,20,23). The monoisotopic (exact) mass is 334 g/mol. The van der Waals surface area contributed by atoms with Crippen LogP contribution < -0.4 is 5.32 Å². The molecule has 2 saturated heterocycles. The van der Waals surface area contributed by atoms with Crippen molar-refractivity contribution in [1.82, 2.24) is 10.2 Å². The smallest absolute Gasteiger partial charge is 0.242 e. The normalized spacial score (nSPS) is 24.2. The molecule has 2 heterocycles. The molecule has 1 aromatic carbocycles. The average Bonchev–Trinajstić information content (AvgIpc) is 3.10. The van der Waals surface area contributed by atoms with E-state index >= 15 is 0 Å². The second-order valence-electron chi connectivity index (χ2n) is 6.44. The van der Waals surface area contributed by atoms with Crippen molar-refractivity contribution in [2.24, 2.45) is 0 Å². The first-order valence-electron chi connectivity index (χ1n) is 8.57. The molecule has 2 amide bonds. The average molecular weight is 334 g/mol. The number of benzene rings is 1. The lowest BCUT2D eigenvalue weighted by Gasteiger charge is -2.35. The molecule has 24 heavy (non-hydrogen) atoms. The molecule has 0 saturated carbocycles. The van der Waals surface area contributed by atoms with Gasteiger partial charge in [0.05, 0.1) is 6.10 Å². The molecule has 5 nitrogen and oxygen atoms in total. The second-order valence-corrected chi connectivity index (χ2v) is 6.44. The third-order valence-electron chi connectivity index (χ3n) is 4.66. The highest BCUT2D eigenvalue weighted by Gasteiger charge is 2.33. The molecule has 2 aliphatic heterocycles. The predicted octanol–water partition coefficient (Wildman–Crippen LogP) is 2.00. The Bertz CT molecular complexity index is 584. The summed E-state index contributed by atoms with van der Waals surface area (Å²) in [5.41, 5.74) is 0.823. The molecule has 2 aliphatic rings. The SMILES string of the molecule is O=C(NCC1CCCO1)C1CCCC(=O)N1Cc1ccc(F)cc1. The third kappa shape index (κ3) is 4.12. The van der Waals surface area contributed by atoms with Gasteiger partial charge < -0.3 is 15.0 Å². The van der Waals surface area contributed by atoms with Crippen LogP contribution in [0.15, 0.2) is 24.3 Å². The summed E-state index contributed by atoms with van der Waals surface area (Å²) in [5.74, 6) is -0.460. The van der Waals surface area contributed by atoms with Gasteiger partial charge >= 0.3 is 0 Å². The summed E-state index contributed by atoms with van der Waals surface area (Å²) in [4.78, 5) is 26.4. The summed E-state index contributed by atoms with van der Waals surface area (Å²) >= 11 is 0. The van der Waals surface area contributed by atoms with Crippen molar-refractivity contribution in [3.8, 4) is 0 Å². The van der Waals surface area contributed by atoms with Crippen LogP contribution in [0.5, 0.6) is 0 Å². The van der Waals surface area contributed by atoms with Crippen LogP contribution in [0.2, 0.25) is 0 Å². The molecule has 0 bridgehead atoms. The van der Waals surface area contributed by atoms with Gasteiger partial charge in [-0.1, -0.05) is 12.1 Å². The fourth-order valence-electron chi connectivity index (χ4n) is 3.31. The largest absolute Gasteiger partial charge is 0.376 e. The fraction of sp³-hybridized carbons (Fsp3) is 0.556. The minimum absolute atomic E-state index is 0.0251. The minimum atomic E-state index is -0.460.